The van der Waals surface area contributed by atoms with Crippen molar-refractivity contribution in [2.24, 2.45) is 0 Å². The Morgan fingerprint density at radius 3 is 2.63 bits per heavy atom. The van der Waals surface area contributed by atoms with Crippen molar-refractivity contribution >= 4 is 0 Å². The van der Waals surface area contributed by atoms with Gasteiger partial charge in [0.25, 0.3) is 0 Å². The van der Waals surface area contributed by atoms with E-state index >= 15 is 0 Å². The van der Waals surface area contributed by atoms with Crippen LogP contribution >= 0.6 is 0 Å². The first-order chi connectivity index (χ1) is 8.90. The van der Waals surface area contributed by atoms with Crippen molar-refractivity contribution in [3.05, 3.63) is 36.0 Å². The number of rotatable bonds is 4. The Bertz CT molecular complexity index is 568. The molecule has 4 nitrogen and oxygen atoms in total. The highest BCUT2D eigenvalue weighted by Crippen LogP contribution is 2.30. The normalized spacial score (nSPS) is 11.6. The minimum atomic E-state index is -0.781. The van der Waals surface area contributed by atoms with Crippen LogP contribution in [0.2, 0.25) is 0 Å². The number of para-hydroxylation sites is 1. The summed E-state index contributed by atoms with van der Waals surface area (Å²) in [4.78, 5) is 0. The summed E-state index contributed by atoms with van der Waals surface area (Å²) in [7, 11) is 1.65. The third-order valence-electron chi connectivity index (χ3n) is 2.86. The Morgan fingerprint density at radius 2 is 2.00 bits per heavy atom. The second-order valence-electron chi connectivity index (χ2n) is 5.37. The Labute approximate surface area is 113 Å². The Kier molecular flexibility index (Phi) is 3.62. The average molecular weight is 260 g/mol. The molecule has 0 aliphatic heterocycles. The van der Waals surface area contributed by atoms with Crippen LogP contribution in [0.1, 0.15) is 19.4 Å². The molecule has 4 heteroatoms. The molecule has 0 saturated heterocycles. The fraction of sp³-hybridized carbons (Fsp3) is 0.400. The van der Waals surface area contributed by atoms with Crippen LogP contribution in [0, 0.1) is 6.92 Å². The van der Waals surface area contributed by atoms with E-state index in [0.29, 0.717) is 6.54 Å². The summed E-state index contributed by atoms with van der Waals surface area (Å²) in [5.41, 5.74) is 2.14. The fourth-order valence-corrected chi connectivity index (χ4v) is 2.10. The molecule has 0 aliphatic carbocycles. The van der Waals surface area contributed by atoms with E-state index in [2.05, 4.69) is 5.10 Å². The summed E-state index contributed by atoms with van der Waals surface area (Å²) in [5, 5.41) is 14.4. The van der Waals surface area contributed by atoms with Gasteiger partial charge in [0, 0.05) is 11.8 Å². The summed E-state index contributed by atoms with van der Waals surface area (Å²) in [5.74, 6) is 0.805. The van der Waals surface area contributed by atoms with Crippen LogP contribution in [0.3, 0.4) is 0 Å². The van der Waals surface area contributed by atoms with E-state index in [1.165, 1.54) is 0 Å². The zero-order valence-corrected chi connectivity index (χ0v) is 11.8. The van der Waals surface area contributed by atoms with Gasteiger partial charge in [0.15, 0.2) is 0 Å². The lowest BCUT2D eigenvalue weighted by molar-refractivity contribution is 0.0578. The Morgan fingerprint density at radius 1 is 1.32 bits per heavy atom. The smallest absolute Gasteiger partial charge is 0.128 e. The fourth-order valence-electron chi connectivity index (χ4n) is 2.10. The van der Waals surface area contributed by atoms with Crippen molar-refractivity contribution < 1.29 is 9.84 Å². The number of benzene rings is 1. The standard InChI is InChI=1S/C15H20N2O2/c1-11-9-17(10-15(2,3)18)16-14(11)12-7-5-6-8-13(12)19-4/h5-9,18H,10H2,1-4H3. The van der Waals surface area contributed by atoms with Gasteiger partial charge in [-0.2, -0.15) is 5.10 Å². The molecule has 1 N–H and O–H groups in total. The van der Waals surface area contributed by atoms with Gasteiger partial charge >= 0.3 is 0 Å². The van der Waals surface area contributed by atoms with Crippen LogP contribution in [0.25, 0.3) is 11.3 Å². The lowest BCUT2D eigenvalue weighted by Gasteiger charge is -2.16. The SMILES string of the molecule is COc1ccccc1-c1nn(CC(C)(C)O)cc1C. The number of nitrogens with zero attached hydrogens (tertiary/aromatic N) is 2. The number of aliphatic hydroxyl groups is 1. The minimum Gasteiger partial charge on any atom is -0.496 e. The maximum atomic E-state index is 9.86. The van der Waals surface area contributed by atoms with Gasteiger partial charge in [-0.1, -0.05) is 12.1 Å². The molecule has 19 heavy (non-hydrogen) atoms. The number of aromatic nitrogens is 2. The van der Waals surface area contributed by atoms with Crippen molar-refractivity contribution in [3.8, 4) is 17.0 Å². The maximum absolute atomic E-state index is 9.86. The predicted octanol–water partition coefficient (Wildman–Crippen LogP) is 2.64. The molecule has 1 heterocycles. The van der Waals surface area contributed by atoms with E-state index in [1.807, 2.05) is 37.4 Å². The molecule has 0 bridgehead atoms. The summed E-state index contributed by atoms with van der Waals surface area (Å²) < 4.78 is 7.14. The van der Waals surface area contributed by atoms with E-state index in [4.69, 9.17) is 4.74 Å². The minimum absolute atomic E-state index is 0.461. The molecule has 102 valence electrons. The summed E-state index contributed by atoms with van der Waals surface area (Å²) in [6.45, 7) is 6.01. The molecule has 2 aromatic rings. The summed E-state index contributed by atoms with van der Waals surface area (Å²) >= 11 is 0. The predicted molar refractivity (Wildman–Crippen MR) is 75.2 cm³/mol. The molecular weight excluding hydrogens is 240 g/mol. The molecule has 0 aliphatic rings. The molecule has 1 aromatic carbocycles. The van der Waals surface area contributed by atoms with Crippen LogP contribution in [0.4, 0.5) is 0 Å². The van der Waals surface area contributed by atoms with Crippen LogP contribution in [0.5, 0.6) is 5.75 Å². The zero-order valence-electron chi connectivity index (χ0n) is 11.8. The van der Waals surface area contributed by atoms with Crippen molar-refractivity contribution in [1.82, 2.24) is 9.78 Å². The number of hydrogen-bond acceptors (Lipinski definition) is 3. The van der Waals surface area contributed by atoms with E-state index in [1.54, 1.807) is 25.6 Å². The van der Waals surface area contributed by atoms with Gasteiger partial charge in [-0.05, 0) is 38.5 Å². The Hall–Kier alpha value is -1.81. The van der Waals surface area contributed by atoms with Crippen molar-refractivity contribution in [2.75, 3.05) is 7.11 Å². The first kappa shape index (κ1) is 13.6. The highest BCUT2D eigenvalue weighted by Gasteiger charge is 2.17. The molecule has 0 radical (unpaired) electrons. The topological polar surface area (TPSA) is 47.3 Å². The number of aryl methyl sites for hydroxylation is 1. The molecule has 0 atom stereocenters. The van der Waals surface area contributed by atoms with Crippen LogP contribution in [-0.2, 0) is 6.54 Å². The zero-order chi connectivity index (χ0) is 14.0. The van der Waals surface area contributed by atoms with Crippen LogP contribution in [0.15, 0.2) is 30.5 Å². The number of hydrogen-bond donors (Lipinski definition) is 1. The molecular formula is C15H20N2O2. The van der Waals surface area contributed by atoms with Gasteiger partial charge < -0.3 is 9.84 Å². The summed E-state index contributed by atoms with van der Waals surface area (Å²) in [6, 6.07) is 7.81. The lowest BCUT2D eigenvalue weighted by atomic mass is 10.1. The molecule has 0 spiro atoms. The van der Waals surface area contributed by atoms with Gasteiger partial charge in [-0.15, -0.1) is 0 Å². The number of ether oxygens (including phenoxy) is 1. The summed E-state index contributed by atoms with van der Waals surface area (Å²) in [6.07, 6.45) is 1.94. The maximum Gasteiger partial charge on any atom is 0.128 e. The van der Waals surface area contributed by atoms with E-state index in [-0.39, 0.29) is 0 Å². The van der Waals surface area contributed by atoms with E-state index in [0.717, 1.165) is 22.6 Å². The van der Waals surface area contributed by atoms with Gasteiger partial charge in [-0.25, -0.2) is 0 Å². The lowest BCUT2D eigenvalue weighted by Crippen LogP contribution is -2.26. The molecule has 0 fully saturated rings. The van der Waals surface area contributed by atoms with E-state index in [9.17, 15) is 5.11 Å². The number of methoxy groups -OCH3 is 1. The Balaban J connectivity index is 2.40. The molecule has 0 amide bonds. The molecule has 2 rings (SSSR count). The molecule has 0 saturated carbocycles. The third-order valence-corrected chi connectivity index (χ3v) is 2.86. The average Bonchev–Trinajstić information content (AvgIpc) is 2.67. The van der Waals surface area contributed by atoms with Crippen LogP contribution in [-0.4, -0.2) is 27.6 Å². The second kappa shape index (κ2) is 5.05. The molecule has 0 unspecified atom stereocenters. The largest absolute Gasteiger partial charge is 0.496 e. The van der Waals surface area contributed by atoms with Crippen molar-refractivity contribution in [2.45, 2.75) is 32.9 Å². The van der Waals surface area contributed by atoms with Gasteiger partial charge in [0.05, 0.1) is 24.9 Å². The van der Waals surface area contributed by atoms with Gasteiger partial charge in [0.1, 0.15) is 5.75 Å². The first-order valence-electron chi connectivity index (χ1n) is 6.30. The van der Waals surface area contributed by atoms with Crippen LogP contribution < -0.4 is 4.74 Å². The quantitative estimate of drug-likeness (QED) is 0.919. The first-order valence-corrected chi connectivity index (χ1v) is 6.30. The highest BCUT2D eigenvalue weighted by molar-refractivity contribution is 5.69. The van der Waals surface area contributed by atoms with Gasteiger partial charge in [0.2, 0.25) is 0 Å². The van der Waals surface area contributed by atoms with Gasteiger partial charge in [-0.3, -0.25) is 4.68 Å². The van der Waals surface area contributed by atoms with Crippen molar-refractivity contribution in [3.63, 3.8) is 0 Å². The van der Waals surface area contributed by atoms with Crippen molar-refractivity contribution in [1.29, 1.82) is 0 Å². The van der Waals surface area contributed by atoms with E-state index < -0.39 is 5.60 Å². The monoisotopic (exact) mass is 260 g/mol. The second-order valence-corrected chi connectivity index (χ2v) is 5.37. The highest BCUT2D eigenvalue weighted by atomic mass is 16.5. The molecule has 1 aromatic heterocycles. The third kappa shape index (κ3) is 3.15.